The fourth-order valence-electron chi connectivity index (χ4n) is 4.35. The second-order valence-corrected chi connectivity index (χ2v) is 8.69. The number of likely N-dealkylation sites (tertiary alicyclic amines) is 1. The van der Waals surface area contributed by atoms with E-state index in [9.17, 15) is 9.59 Å². The molecule has 0 aliphatic carbocycles. The normalized spacial score (nSPS) is 20.1. The van der Waals surface area contributed by atoms with Crippen LogP contribution in [0.25, 0.3) is 0 Å². The minimum Gasteiger partial charge on any atom is -0.497 e. The summed E-state index contributed by atoms with van der Waals surface area (Å²) in [6, 6.07) is 7.87. The molecule has 3 amide bonds. The summed E-state index contributed by atoms with van der Waals surface area (Å²) in [6.45, 7) is 11.2. The highest BCUT2D eigenvalue weighted by Gasteiger charge is 2.57. The van der Waals surface area contributed by atoms with E-state index in [-0.39, 0.29) is 11.9 Å². The number of urea groups is 1. The number of amides is 3. The van der Waals surface area contributed by atoms with Crippen molar-refractivity contribution in [3.63, 3.8) is 0 Å². The zero-order valence-electron chi connectivity index (χ0n) is 17.8. The van der Waals surface area contributed by atoms with Gasteiger partial charge in [-0.15, -0.1) is 0 Å². The number of rotatable bonds is 6. The smallest absolute Gasteiger partial charge is 0.327 e. The Bertz CT molecular complexity index is 706. The lowest BCUT2D eigenvalue weighted by molar-refractivity contribution is -0.136. The number of nitrogens with zero attached hydrogens (tertiary/aromatic N) is 3. The maximum atomic E-state index is 13.5. The fraction of sp³-hybridized carbons (Fsp3) is 0.636. The van der Waals surface area contributed by atoms with Crippen LogP contribution in [0.5, 0.6) is 5.75 Å². The molecule has 0 saturated carbocycles. The van der Waals surface area contributed by atoms with E-state index in [2.05, 4.69) is 32.6 Å². The second-order valence-electron chi connectivity index (χ2n) is 8.69. The topological polar surface area (TPSA) is 53.1 Å². The molecule has 0 N–H and O–H groups in total. The summed E-state index contributed by atoms with van der Waals surface area (Å²) in [4.78, 5) is 32.5. The molecule has 2 fully saturated rings. The van der Waals surface area contributed by atoms with Crippen molar-refractivity contribution in [2.75, 3.05) is 26.7 Å². The van der Waals surface area contributed by atoms with Gasteiger partial charge in [-0.25, -0.2) is 4.79 Å². The van der Waals surface area contributed by atoms with Gasteiger partial charge >= 0.3 is 6.03 Å². The van der Waals surface area contributed by atoms with Gasteiger partial charge in [-0.1, -0.05) is 26.0 Å². The number of piperidine rings is 1. The summed E-state index contributed by atoms with van der Waals surface area (Å²) < 4.78 is 5.20. The van der Waals surface area contributed by atoms with Crippen molar-refractivity contribution in [2.45, 2.75) is 58.7 Å². The van der Waals surface area contributed by atoms with E-state index in [0.717, 1.165) is 24.4 Å². The Labute approximate surface area is 168 Å². The predicted octanol–water partition coefficient (Wildman–Crippen LogP) is 3.36. The van der Waals surface area contributed by atoms with Crippen LogP contribution >= 0.6 is 0 Å². The van der Waals surface area contributed by atoms with Crippen LogP contribution < -0.4 is 4.74 Å². The second kappa shape index (κ2) is 8.11. The highest BCUT2D eigenvalue weighted by molar-refractivity contribution is 6.07. The molecule has 0 aromatic heterocycles. The van der Waals surface area contributed by atoms with Crippen LogP contribution in [0, 0.1) is 5.92 Å². The molecule has 2 aliphatic rings. The van der Waals surface area contributed by atoms with Crippen molar-refractivity contribution >= 4 is 11.9 Å². The van der Waals surface area contributed by atoms with Crippen molar-refractivity contribution < 1.29 is 14.3 Å². The van der Waals surface area contributed by atoms with Crippen LogP contribution in [0.2, 0.25) is 0 Å². The molecule has 2 aliphatic heterocycles. The van der Waals surface area contributed by atoms with Crippen LogP contribution in [0.4, 0.5) is 4.79 Å². The first kappa shape index (κ1) is 20.6. The first-order valence-corrected chi connectivity index (χ1v) is 10.3. The highest BCUT2D eigenvalue weighted by atomic mass is 16.5. The van der Waals surface area contributed by atoms with Gasteiger partial charge in [0.05, 0.1) is 13.7 Å². The maximum absolute atomic E-state index is 13.5. The SMILES string of the molecule is COc1ccc(CN2C(=O)N(CC(C)C)C3(CCN(C(C)C)CC3)C2=O)cc1. The van der Waals surface area contributed by atoms with E-state index < -0.39 is 5.54 Å². The van der Waals surface area contributed by atoms with Gasteiger partial charge in [0.2, 0.25) is 0 Å². The van der Waals surface area contributed by atoms with Gasteiger partial charge < -0.3 is 14.5 Å². The highest BCUT2D eigenvalue weighted by Crippen LogP contribution is 2.39. The number of benzene rings is 1. The average molecular weight is 388 g/mol. The van der Waals surface area contributed by atoms with Crippen molar-refractivity contribution in [1.82, 2.24) is 14.7 Å². The van der Waals surface area contributed by atoms with Crippen molar-refractivity contribution in [3.8, 4) is 5.75 Å². The van der Waals surface area contributed by atoms with Crippen molar-refractivity contribution in [3.05, 3.63) is 29.8 Å². The number of imide groups is 1. The van der Waals surface area contributed by atoms with Gasteiger partial charge in [0.1, 0.15) is 11.3 Å². The molecular formula is C22H33N3O3. The largest absolute Gasteiger partial charge is 0.497 e. The first-order valence-electron chi connectivity index (χ1n) is 10.3. The van der Waals surface area contributed by atoms with Crippen LogP contribution in [-0.2, 0) is 11.3 Å². The average Bonchev–Trinajstić information content (AvgIpc) is 2.85. The standard InChI is InChI=1S/C22H33N3O3/c1-16(2)14-25-21(27)24(15-18-6-8-19(28-5)9-7-18)20(26)22(25)10-12-23(13-11-22)17(3)4/h6-9,16-17H,10-15H2,1-5H3. The fourth-order valence-corrected chi connectivity index (χ4v) is 4.35. The molecule has 2 saturated heterocycles. The minimum atomic E-state index is -0.681. The van der Waals surface area contributed by atoms with E-state index in [0.29, 0.717) is 37.9 Å². The van der Waals surface area contributed by atoms with Crippen LogP contribution in [0.15, 0.2) is 24.3 Å². The Hall–Kier alpha value is -2.08. The third-order valence-electron chi connectivity index (χ3n) is 6.02. The number of hydrogen-bond acceptors (Lipinski definition) is 4. The van der Waals surface area contributed by atoms with Gasteiger partial charge in [0, 0.05) is 25.7 Å². The molecule has 1 aromatic rings. The Kier molecular flexibility index (Phi) is 5.98. The lowest BCUT2D eigenvalue weighted by Gasteiger charge is -2.44. The molecule has 2 heterocycles. The Morgan fingerprint density at radius 3 is 2.14 bits per heavy atom. The van der Waals surface area contributed by atoms with Gasteiger partial charge in [0.25, 0.3) is 5.91 Å². The molecule has 0 bridgehead atoms. The Balaban J connectivity index is 1.84. The first-order chi connectivity index (χ1) is 13.3. The van der Waals surface area contributed by atoms with Crippen molar-refractivity contribution in [1.29, 1.82) is 0 Å². The number of carbonyl (C=O) groups excluding carboxylic acids is 2. The molecular weight excluding hydrogens is 354 g/mol. The molecule has 0 radical (unpaired) electrons. The summed E-state index contributed by atoms with van der Waals surface area (Å²) in [6.07, 6.45) is 1.42. The summed E-state index contributed by atoms with van der Waals surface area (Å²) in [5.74, 6) is 1.05. The van der Waals surface area contributed by atoms with E-state index in [1.165, 1.54) is 4.90 Å². The zero-order valence-corrected chi connectivity index (χ0v) is 17.8. The van der Waals surface area contributed by atoms with Gasteiger partial charge in [-0.05, 0) is 50.3 Å². The predicted molar refractivity (Wildman–Crippen MR) is 109 cm³/mol. The summed E-state index contributed by atoms with van der Waals surface area (Å²) in [5.41, 5.74) is 0.253. The van der Waals surface area contributed by atoms with Crippen molar-refractivity contribution in [2.24, 2.45) is 5.92 Å². The minimum absolute atomic E-state index is 0.0302. The lowest BCUT2D eigenvalue weighted by Crippen LogP contribution is -2.58. The molecule has 0 unspecified atom stereocenters. The molecule has 6 nitrogen and oxygen atoms in total. The lowest BCUT2D eigenvalue weighted by atomic mass is 9.85. The monoisotopic (exact) mass is 387 g/mol. The Morgan fingerprint density at radius 2 is 1.64 bits per heavy atom. The van der Waals surface area contributed by atoms with E-state index in [1.54, 1.807) is 7.11 Å². The number of ether oxygens (including phenoxy) is 1. The molecule has 1 aromatic carbocycles. The molecule has 6 heteroatoms. The van der Waals surface area contributed by atoms with Gasteiger partial charge in [-0.3, -0.25) is 9.69 Å². The molecule has 28 heavy (non-hydrogen) atoms. The van der Waals surface area contributed by atoms with Crippen LogP contribution in [0.1, 0.15) is 46.1 Å². The molecule has 0 atom stereocenters. The number of hydrogen-bond donors (Lipinski definition) is 0. The Morgan fingerprint density at radius 1 is 1.04 bits per heavy atom. The number of carbonyl (C=O) groups is 2. The van der Waals surface area contributed by atoms with E-state index >= 15 is 0 Å². The summed E-state index contributed by atoms with van der Waals surface area (Å²) >= 11 is 0. The van der Waals surface area contributed by atoms with Gasteiger partial charge in [-0.2, -0.15) is 0 Å². The summed E-state index contributed by atoms with van der Waals surface area (Å²) in [5, 5.41) is 0. The maximum Gasteiger partial charge on any atom is 0.327 e. The molecule has 1 spiro atoms. The third-order valence-corrected chi connectivity index (χ3v) is 6.02. The quantitative estimate of drug-likeness (QED) is 0.703. The molecule has 154 valence electrons. The third kappa shape index (κ3) is 3.75. The van der Waals surface area contributed by atoms with E-state index in [4.69, 9.17) is 4.74 Å². The number of methoxy groups -OCH3 is 1. The van der Waals surface area contributed by atoms with Crippen LogP contribution in [-0.4, -0.2) is 65.0 Å². The van der Waals surface area contributed by atoms with E-state index in [1.807, 2.05) is 29.2 Å². The summed E-state index contributed by atoms with van der Waals surface area (Å²) in [7, 11) is 1.62. The van der Waals surface area contributed by atoms with Crippen LogP contribution in [0.3, 0.4) is 0 Å². The van der Waals surface area contributed by atoms with Gasteiger partial charge in [0.15, 0.2) is 0 Å². The zero-order chi connectivity index (χ0) is 20.5. The molecule has 3 rings (SSSR count).